The molecular formula is C20H40O2Si. The van der Waals surface area contributed by atoms with E-state index in [9.17, 15) is 0 Å². The van der Waals surface area contributed by atoms with Crippen LogP contribution in [0.4, 0.5) is 0 Å². The van der Waals surface area contributed by atoms with Crippen molar-refractivity contribution in [3.05, 3.63) is 24.3 Å². The van der Waals surface area contributed by atoms with Gasteiger partial charge in [-0.05, 0) is 44.3 Å². The van der Waals surface area contributed by atoms with Crippen LogP contribution in [0.5, 0.6) is 0 Å². The minimum atomic E-state index is -1.78. The average Bonchev–Trinajstić information content (AvgIpc) is 2.36. The maximum atomic E-state index is 6.53. The van der Waals surface area contributed by atoms with Crippen molar-refractivity contribution in [3.8, 4) is 0 Å². The molecule has 0 fully saturated rings. The van der Waals surface area contributed by atoms with E-state index < -0.39 is 8.32 Å². The van der Waals surface area contributed by atoms with E-state index in [1.54, 1.807) is 7.11 Å². The SMILES string of the molecule is C=C[C@@H](C)C/C(C)=C/[C@H](C)[C@@H](OC)[C@@H](C)O[Si](C)(C)C(C)(C)C. The van der Waals surface area contributed by atoms with Gasteiger partial charge < -0.3 is 9.16 Å². The molecule has 0 aliphatic rings. The summed E-state index contributed by atoms with van der Waals surface area (Å²) >= 11 is 0. The fourth-order valence-corrected chi connectivity index (χ4v) is 4.16. The molecule has 0 unspecified atom stereocenters. The molecule has 3 heteroatoms. The lowest BCUT2D eigenvalue weighted by molar-refractivity contribution is -0.0162. The summed E-state index contributed by atoms with van der Waals surface area (Å²) in [4.78, 5) is 0. The third-order valence-electron chi connectivity index (χ3n) is 5.13. The summed E-state index contributed by atoms with van der Waals surface area (Å²) in [5.74, 6) is 0.845. The summed E-state index contributed by atoms with van der Waals surface area (Å²) in [5.41, 5.74) is 1.39. The Labute approximate surface area is 146 Å². The highest BCUT2D eigenvalue weighted by Gasteiger charge is 2.40. The Morgan fingerprint density at radius 2 is 1.70 bits per heavy atom. The molecule has 0 bridgehead atoms. The molecule has 23 heavy (non-hydrogen) atoms. The van der Waals surface area contributed by atoms with Crippen molar-refractivity contribution in [1.82, 2.24) is 0 Å². The fourth-order valence-electron chi connectivity index (χ4n) is 2.75. The Balaban J connectivity index is 4.99. The van der Waals surface area contributed by atoms with Crippen LogP contribution >= 0.6 is 0 Å². The zero-order chi connectivity index (χ0) is 18.4. The topological polar surface area (TPSA) is 18.5 Å². The maximum absolute atomic E-state index is 6.53. The van der Waals surface area contributed by atoms with Crippen molar-refractivity contribution in [2.45, 2.75) is 85.2 Å². The van der Waals surface area contributed by atoms with Crippen LogP contribution < -0.4 is 0 Å². The molecule has 0 rings (SSSR count). The van der Waals surface area contributed by atoms with Crippen LogP contribution in [0.3, 0.4) is 0 Å². The second kappa shape index (κ2) is 9.19. The predicted octanol–water partition coefficient (Wildman–Crippen LogP) is 6.21. The zero-order valence-corrected chi connectivity index (χ0v) is 18.2. The summed E-state index contributed by atoms with van der Waals surface area (Å²) in [5, 5.41) is 0.216. The summed E-state index contributed by atoms with van der Waals surface area (Å²) in [6.07, 6.45) is 5.58. The molecule has 0 aliphatic carbocycles. The highest BCUT2D eigenvalue weighted by Crippen LogP contribution is 2.38. The molecule has 0 saturated carbocycles. The van der Waals surface area contributed by atoms with Gasteiger partial charge in [-0.15, -0.1) is 6.58 Å². The first-order chi connectivity index (χ1) is 10.4. The molecular weight excluding hydrogens is 300 g/mol. The summed E-state index contributed by atoms with van der Waals surface area (Å²) in [6.45, 7) is 24.1. The van der Waals surface area contributed by atoms with E-state index in [0.717, 1.165) is 6.42 Å². The van der Waals surface area contributed by atoms with Crippen LogP contribution in [-0.4, -0.2) is 27.6 Å². The second-order valence-corrected chi connectivity index (χ2v) is 13.3. The molecule has 136 valence electrons. The lowest BCUT2D eigenvalue weighted by atomic mass is 9.94. The molecule has 0 aromatic heterocycles. The Morgan fingerprint density at radius 1 is 1.17 bits per heavy atom. The van der Waals surface area contributed by atoms with Crippen LogP contribution in [0, 0.1) is 11.8 Å². The van der Waals surface area contributed by atoms with Gasteiger partial charge in [0.15, 0.2) is 8.32 Å². The highest BCUT2D eigenvalue weighted by atomic mass is 28.4. The Hall–Kier alpha value is -0.383. The van der Waals surface area contributed by atoms with E-state index in [2.05, 4.69) is 74.2 Å². The predicted molar refractivity (Wildman–Crippen MR) is 105 cm³/mol. The second-order valence-electron chi connectivity index (χ2n) is 8.57. The number of methoxy groups -OCH3 is 1. The third kappa shape index (κ3) is 7.36. The first-order valence-corrected chi connectivity index (χ1v) is 11.8. The van der Waals surface area contributed by atoms with Gasteiger partial charge in [0.2, 0.25) is 0 Å². The molecule has 0 aromatic rings. The van der Waals surface area contributed by atoms with Gasteiger partial charge in [0.1, 0.15) is 0 Å². The maximum Gasteiger partial charge on any atom is 0.192 e. The van der Waals surface area contributed by atoms with Crippen LogP contribution in [0.1, 0.15) is 54.9 Å². The van der Waals surface area contributed by atoms with E-state index >= 15 is 0 Å². The van der Waals surface area contributed by atoms with Crippen molar-refractivity contribution in [3.63, 3.8) is 0 Å². The molecule has 0 aromatic carbocycles. The molecule has 2 nitrogen and oxygen atoms in total. The van der Waals surface area contributed by atoms with E-state index in [4.69, 9.17) is 9.16 Å². The van der Waals surface area contributed by atoms with E-state index in [-0.39, 0.29) is 17.2 Å². The smallest absolute Gasteiger partial charge is 0.192 e. The van der Waals surface area contributed by atoms with Crippen LogP contribution in [0.15, 0.2) is 24.3 Å². The third-order valence-corrected chi connectivity index (χ3v) is 9.71. The quantitative estimate of drug-likeness (QED) is 0.367. The molecule has 0 radical (unpaired) electrons. The van der Waals surface area contributed by atoms with Crippen molar-refractivity contribution in [2.24, 2.45) is 11.8 Å². The molecule has 0 spiro atoms. The first kappa shape index (κ1) is 22.6. The lowest BCUT2D eigenvalue weighted by Gasteiger charge is -2.41. The van der Waals surface area contributed by atoms with Gasteiger partial charge in [-0.25, -0.2) is 0 Å². The summed E-state index contributed by atoms with van der Waals surface area (Å²) < 4.78 is 12.3. The zero-order valence-electron chi connectivity index (χ0n) is 17.2. The lowest BCUT2D eigenvalue weighted by Crippen LogP contribution is -2.47. The summed E-state index contributed by atoms with van der Waals surface area (Å²) in [7, 11) is 0.0151. The number of hydrogen-bond donors (Lipinski definition) is 0. The van der Waals surface area contributed by atoms with Gasteiger partial charge in [0, 0.05) is 13.0 Å². The number of rotatable bonds is 9. The van der Waals surface area contributed by atoms with Crippen molar-refractivity contribution >= 4 is 8.32 Å². The van der Waals surface area contributed by atoms with E-state index in [1.165, 1.54) is 5.57 Å². The minimum Gasteiger partial charge on any atom is -0.412 e. The van der Waals surface area contributed by atoms with E-state index in [1.807, 2.05) is 6.08 Å². The Morgan fingerprint density at radius 3 is 2.09 bits per heavy atom. The van der Waals surface area contributed by atoms with E-state index in [0.29, 0.717) is 11.8 Å². The monoisotopic (exact) mass is 340 g/mol. The molecule has 4 atom stereocenters. The van der Waals surface area contributed by atoms with Gasteiger partial charge in [-0.2, -0.15) is 0 Å². The Kier molecular flexibility index (Phi) is 9.04. The molecule has 0 heterocycles. The normalized spacial score (nSPS) is 19.1. The highest BCUT2D eigenvalue weighted by molar-refractivity contribution is 6.74. The van der Waals surface area contributed by atoms with Crippen molar-refractivity contribution in [2.75, 3.05) is 7.11 Å². The summed E-state index contributed by atoms with van der Waals surface area (Å²) in [6, 6.07) is 0. The number of allylic oxidation sites excluding steroid dienone is 2. The number of hydrogen-bond acceptors (Lipinski definition) is 2. The number of ether oxygens (including phenoxy) is 1. The van der Waals surface area contributed by atoms with Crippen LogP contribution in [0.25, 0.3) is 0 Å². The molecule has 0 saturated heterocycles. The van der Waals surface area contributed by atoms with Gasteiger partial charge in [-0.3, -0.25) is 0 Å². The van der Waals surface area contributed by atoms with Gasteiger partial charge in [0.05, 0.1) is 12.2 Å². The van der Waals surface area contributed by atoms with Gasteiger partial charge in [0.25, 0.3) is 0 Å². The Bertz CT molecular complexity index is 393. The fraction of sp³-hybridized carbons (Fsp3) is 0.800. The standard InChI is InChI=1S/C20H40O2Si/c1-12-15(2)13-16(3)14-17(4)19(21-9)18(5)22-23(10,11)20(6,7)8/h12,14-15,17-19H,1,13H2,2-11H3/b16-14+/t15-,17+,18-,19-/m1/s1. The minimum absolute atomic E-state index is 0.0816. The van der Waals surface area contributed by atoms with Crippen LogP contribution in [-0.2, 0) is 9.16 Å². The molecule has 0 aliphatic heterocycles. The van der Waals surface area contributed by atoms with Gasteiger partial charge >= 0.3 is 0 Å². The molecule has 0 N–H and O–H groups in total. The largest absolute Gasteiger partial charge is 0.412 e. The average molecular weight is 341 g/mol. The molecule has 0 amide bonds. The van der Waals surface area contributed by atoms with Crippen molar-refractivity contribution in [1.29, 1.82) is 0 Å². The van der Waals surface area contributed by atoms with Crippen molar-refractivity contribution < 1.29 is 9.16 Å². The first-order valence-electron chi connectivity index (χ1n) is 8.86. The van der Waals surface area contributed by atoms with Crippen LogP contribution in [0.2, 0.25) is 18.1 Å². The van der Waals surface area contributed by atoms with Gasteiger partial charge in [-0.1, -0.05) is 52.3 Å².